The van der Waals surface area contributed by atoms with Crippen LogP contribution in [-0.4, -0.2) is 53.0 Å². The van der Waals surface area contributed by atoms with Crippen LogP contribution in [0.15, 0.2) is 30.6 Å². The molecule has 0 bridgehead atoms. The SMILES string of the molecule is C[C@H]1CN(c2ccnc3c2CCN3C(=O)Nc2cc(F)c3nn(C)cc3c2)CCN1. The van der Waals surface area contributed by atoms with Crippen LogP contribution in [0.4, 0.5) is 26.4 Å². The second-order valence-corrected chi connectivity index (χ2v) is 7.96. The first-order chi connectivity index (χ1) is 14.5. The second kappa shape index (κ2) is 7.24. The highest BCUT2D eigenvalue weighted by Gasteiger charge is 2.30. The zero-order chi connectivity index (χ0) is 20.8. The number of amides is 2. The number of carbonyl (C=O) groups is 1. The van der Waals surface area contributed by atoms with Crippen LogP contribution in [0, 0.1) is 5.82 Å². The van der Waals surface area contributed by atoms with E-state index < -0.39 is 5.82 Å². The van der Waals surface area contributed by atoms with Crippen molar-refractivity contribution in [1.29, 1.82) is 0 Å². The van der Waals surface area contributed by atoms with E-state index in [9.17, 15) is 9.18 Å². The fourth-order valence-corrected chi connectivity index (χ4v) is 4.39. The Hall–Kier alpha value is -3.20. The molecule has 0 saturated carbocycles. The van der Waals surface area contributed by atoms with Crippen LogP contribution in [0.3, 0.4) is 0 Å². The van der Waals surface area contributed by atoms with Crippen molar-refractivity contribution in [1.82, 2.24) is 20.1 Å². The molecule has 2 aromatic heterocycles. The van der Waals surface area contributed by atoms with Crippen LogP contribution in [0.25, 0.3) is 10.9 Å². The van der Waals surface area contributed by atoms with E-state index in [1.807, 2.05) is 6.07 Å². The number of halogens is 1. The maximum Gasteiger partial charge on any atom is 0.327 e. The summed E-state index contributed by atoms with van der Waals surface area (Å²) in [7, 11) is 1.74. The highest BCUT2D eigenvalue weighted by atomic mass is 19.1. The number of aryl methyl sites for hydroxylation is 1. The standard InChI is InChI=1S/C21H24FN7O/c1-13-11-28(8-6-23-13)18-3-5-24-20-16(18)4-7-29(20)21(30)25-15-9-14-12-27(2)26-19(14)17(22)10-15/h3,5,9-10,12-13,23H,4,6-8,11H2,1-2H3,(H,25,30)/t13-/m0/s1. The number of rotatable bonds is 2. The van der Waals surface area contributed by atoms with Crippen molar-refractivity contribution in [3.05, 3.63) is 42.0 Å². The van der Waals surface area contributed by atoms with Gasteiger partial charge in [0, 0.05) is 74.0 Å². The molecule has 8 nitrogen and oxygen atoms in total. The van der Waals surface area contributed by atoms with Gasteiger partial charge in [0.15, 0.2) is 5.82 Å². The Kier molecular flexibility index (Phi) is 4.54. The summed E-state index contributed by atoms with van der Waals surface area (Å²) in [4.78, 5) is 21.5. The van der Waals surface area contributed by atoms with E-state index in [1.165, 1.54) is 6.07 Å². The van der Waals surface area contributed by atoms with Crippen molar-refractivity contribution in [3.63, 3.8) is 0 Å². The summed E-state index contributed by atoms with van der Waals surface area (Å²) in [5.74, 6) is 0.220. The summed E-state index contributed by atoms with van der Waals surface area (Å²) in [5.41, 5.74) is 2.93. The zero-order valence-electron chi connectivity index (χ0n) is 17.0. The fourth-order valence-electron chi connectivity index (χ4n) is 4.39. The average molecular weight is 409 g/mol. The Balaban J connectivity index is 1.39. The zero-order valence-corrected chi connectivity index (χ0v) is 17.0. The summed E-state index contributed by atoms with van der Waals surface area (Å²) in [6, 6.07) is 5.17. The van der Waals surface area contributed by atoms with Crippen LogP contribution in [0.2, 0.25) is 0 Å². The molecular weight excluding hydrogens is 385 g/mol. The van der Waals surface area contributed by atoms with Gasteiger partial charge in [-0.1, -0.05) is 0 Å². The lowest BCUT2D eigenvalue weighted by atomic mass is 10.1. The third kappa shape index (κ3) is 3.24. The number of pyridine rings is 1. The molecule has 2 amide bonds. The quantitative estimate of drug-likeness (QED) is 0.680. The number of benzene rings is 1. The average Bonchev–Trinajstić information content (AvgIpc) is 3.31. The predicted octanol–water partition coefficient (Wildman–Crippen LogP) is 2.50. The van der Waals surface area contributed by atoms with Gasteiger partial charge >= 0.3 is 6.03 Å². The number of anilines is 3. The van der Waals surface area contributed by atoms with Crippen LogP contribution in [-0.2, 0) is 13.5 Å². The molecule has 1 saturated heterocycles. The molecule has 0 unspecified atom stereocenters. The molecule has 0 spiro atoms. The molecule has 2 N–H and O–H groups in total. The van der Waals surface area contributed by atoms with Gasteiger partial charge in [-0.3, -0.25) is 9.58 Å². The van der Waals surface area contributed by atoms with Crippen molar-refractivity contribution < 1.29 is 9.18 Å². The van der Waals surface area contributed by atoms with Gasteiger partial charge in [-0.2, -0.15) is 5.10 Å². The number of urea groups is 1. The van der Waals surface area contributed by atoms with Gasteiger partial charge in [0.25, 0.3) is 0 Å². The Morgan fingerprint density at radius 3 is 3.03 bits per heavy atom. The smallest absolute Gasteiger partial charge is 0.327 e. The molecule has 5 rings (SSSR count). The van der Waals surface area contributed by atoms with E-state index in [0.29, 0.717) is 35.0 Å². The third-order valence-electron chi connectivity index (χ3n) is 5.73. The third-order valence-corrected chi connectivity index (χ3v) is 5.73. The van der Waals surface area contributed by atoms with Crippen molar-refractivity contribution >= 4 is 34.1 Å². The lowest BCUT2D eigenvalue weighted by Crippen LogP contribution is -2.49. The minimum absolute atomic E-state index is 0.290. The van der Waals surface area contributed by atoms with Crippen LogP contribution in [0.1, 0.15) is 12.5 Å². The van der Waals surface area contributed by atoms with Crippen LogP contribution >= 0.6 is 0 Å². The molecular formula is C21H24FN7O. The molecule has 3 aromatic rings. The van der Waals surface area contributed by atoms with Gasteiger partial charge in [-0.25, -0.2) is 14.2 Å². The number of hydrogen-bond acceptors (Lipinski definition) is 5. The van der Waals surface area contributed by atoms with E-state index in [-0.39, 0.29) is 6.03 Å². The lowest BCUT2D eigenvalue weighted by Gasteiger charge is -2.34. The summed E-state index contributed by atoms with van der Waals surface area (Å²) in [6.45, 7) is 5.51. The van der Waals surface area contributed by atoms with E-state index in [0.717, 1.165) is 37.3 Å². The number of fused-ring (bicyclic) bond motifs is 2. The molecule has 4 heterocycles. The predicted molar refractivity (Wildman–Crippen MR) is 115 cm³/mol. The first-order valence-electron chi connectivity index (χ1n) is 10.2. The topological polar surface area (TPSA) is 78.3 Å². The molecule has 30 heavy (non-hydrogen) atoms. The van der Waals surface area contributed by atoms with Gasteiger partial charge in [-0.05, 0) is 31.5 Å². The second-order valence-electron chi connectivity index (χ2n) is 7.96. The Bertz CT molecular complexity index is 1130. The Morgan fingerprint density at radius 1 is 1.33 bits per heavy atom. The summed E-state index contributed by atoms with van der Waals surface area (Å²) in [6.07, 6.45) is 4.23. The normalized spacial score (nSPS) is 18.7. The van der Waals surface area contributed by atoms with Crippen LogP contribution in [0.5, 0.6) is 0 Å². The minimum atomic E-state index is -0.460. The number of hydrogen-bond donors (Lipinski definition) is 2. The van der Waals surface area contributed by atoms with Gasteiger partial charge in [-0.15, -0.1) is 0 Å². The first kappa shape index (κ1) is 18.8. The number of carbonyl (C=O) groups excluding carboxylic acids is 1. The van der Waals surface area contributed by atoms with Gasteiger partial charge < -0.3 is 15.5 Å². The fraction of sp³-hybridized carbons (Fsp3) is 0.381. The Morgan fingerprint density at radius 2 is 2.20 bits per heavy atom. The summed E-state index contributed by atoms with van der Waals surface area (Å²) in [5, 5.41) is 11.0. The molecule has 156 valence electrons. The van der Waals surface area contributed by atoms with Crippen LogP contribution < -0.4 is 20.4 Å². The van der Waals surface area contributed by atoms with E-state index in [4.69, 9.17) is 0 Å². The molecule has 0 radical (unpaired) electrons. The molecule has 1 aromatic carbocycles. The van der Waals surface area contributed by atoms with Gasteiger partial charge in [0.1, 0.15) is 11.3 Å². The lowest BCUT2D eigenvalue weighted by molar-refractivity contribution is 0.257. The van der Waals surface area contributed by atoms with Gasteiger partial charge in [0.05, 0.1) is 0 Å². The van der Waals surface area contributed by atoms with Crippen molar-refractivity contribution in [2.75, 3.05) is 41.3 Å². The highest BCUT2D eigenvalue weighted by molar-refractivity contribution is 6.03. The van der Waals surface area contributed by atoms with E-state index >= 15 is 0 Å². The van der Waals surface area contributed by atoms with Crippen molar-refractivity contribution in [2.45, 2.75) is 19.4 Å². The van der Waals surface area contributed by atoms with E-state index in [2.05, 4.69) is 32.5 Å². The molecule has 1 atom stereocenters. The van der Waals surface area contributed by atoms with Gasteiger partial charge in [0.2, 0.25) is 0 Å². The first-order valence-corrected chi connectivity index (χ1v) is 10.2. The molecule has 9 heteroatoms. The number of piperazine rings is 1. The Labute approximate surface area is 173 Å². The summed E-state index contributed by atoms with van der Waals surface area (Å²) < 4.78 is 15.9. The van der Waals surface area contributed by atoms with Crippen molar-refractivity contribution in [3.8, 4) is 0 Å². The van der Waals surface area contributed by atoms with Crippen molar-refractivity contribution in [2.24, 2.45) is 7.05 Å². The maximum atomic E-state index is 14.4. The number of nitrogens with one attached hydrogen (secondary N) is 2. The minimum Gasteiger partial charge on any atom is -0.368 e. The molecule has 1 fully saturated rings. The largest absolute Gasteiger partial charge is 0.368 e. The molecule has 2 aliphatic heterocycles. The summed E-state index contributed by atoms with van der Waals surface area (Å²) >= 11 is 0. The molecule has 2 aliphatic rings. The highest BCUT2D eigenvalue weighted by Crippen LogP contribution is 2.34. The number of nitrogens with zero attached hydrogens (tertiary/aromatic N) is 5. The number of aromatic nitrogens is 3. The monoisotopic (exact) mass is 409 g/mol. The molecule has 0 aliphatic carbocycles. The maximum absolute atomic E-state index is 14.4. The van der Waals surface area contributed by atoms with E-state index in [1.54, 1.807) is 35.1 Å².